The van der Waals surface area contributed by atoms with Crippen LogP contribution < -0.4 is 4.74 Å². The highest BCUT2D eigenvalue weighted by Crippen LogP contribution is 2.39. The van der Waals surface area contributed by atoms with Crippen molar-refractivity contribution >= 4 is 49.6 Å². The van der Waals surface area contributed by atoms with E-state index < -0.39 is 16.1 Å². The molecule has 0 fully saturated rings. The number of pyridine rings is 1. The van der Waals surface area contributed by atoms with Gasteiger partial charge in [-0.3, -0.25) is 0 Å². The first-order valence-corrected chi connectivity index (χ1v) is 11.8. The molecule has 0 saturated heterocycles. The molecule has 0 radical (unpaired) electrons. The summed E-state index contributed by atoms with van der Waals surface area (Å²) in [4.78, 5) is 5.43. The molecular weight excluding hydrogens is 418 g/mol. The molecule has 9 heteroatoms. The van der Waals surface area contributed by atoms with Crippen LogP contribution in [0.1, 0.15) is 29.8 Å². The van der Waals surface area contributed by atoms with Gasteiger partial charge in [-0.2, -0.15) is 9.52 Å². The lowest BCUT2D eigenvalue weighted by Crippen LogP contribution is -2.26. The minimum absolute atomic E-state index is 0.266. The fourth-order valence-electron chi connectivity index (χ4n) is 3.25. The Hall–Kier alpha value is -2.16. The lowest BCUT2D eigenvalue weighted by Gasteiger charge is -2.22. The molecular formula is C19H18ClN3O3S2. The van der Waals surface area contributed by atoms with Gasteiger partial charge in [0.25, 0.3) is 0 Å². The number of aromatic nitrogens is 1. The van der Waals surface area contributed by atoms with Crippen molar-refractivity contribution in [2.45, 2.75) is 19.4 Å². The topological polar surface area (TPSA) is 71.9 Å². The average Bonchev–Trinajstić information content (AvgIpc) is 3.30. The zero-order chi connectivity index (χ0) is 19.9. The highest BCUT2D eigenvalue weighted by molar-refractivity contribution is 7.88. The van der Waals surface area contributed by atoms with Crippen LogP contribution in [0.3, 0.4) is 0 Å². The molecule has 1 aromatic carbocycles. The summed E-state index contributed by atoms with van der Waals surface area (Å²) in [6.45, 7) is 2.48. The van der Waals surface area contributed by atoms with E-state index in [-0.39, 0.29) is 5.15 Å². The summed E-state index contributed by atoms with van der Waals surface area (Å²) in [5.74, 6) is 0.716. The van der Waals surface area contributed by atoms with Gasteiger partial charge in [0.2, 0.25) is 10.0 Å². The van der Waals surface area contributed by atoms with E-state index in [0.717, 1.165) is 26.6 Å². The molecule has 1 aliphatic heterocycles. The van der Waals surface area contributed by atoms with E-state index in [1.165, 1.54) is 11.3 Å². The number of rotatable bonds is 5. The van der Waals surface area contributed by atoms with E-state index in [1.54, 1.807) is 0 Å². The smallest absolute Gasteiger partial charge is 0.247 e. The summed E-state index contributed by atoms with van der Waals surface area (Å²) in [7, 11) is -3.56. The van der Waals surface area contributed by atoms with Crippen LogP contribution in [-0.4, -0.2) is 36.4 Å². The summed E-state index contributed by atoms with van der Waals surface area (Å²) < 4.78 is 31.4. The molecule has 0 amide bonds. The zero-order valence-corrected chi connectivity index (χ0v) is 17.7. The third-order valence-corrected chi connectivity index (χ3v) is 6.70. The van der Waals surface area contributed by atoms with Crippen molar-refractivity contribution in [1.82, 2.24) is 9.40 Å². The Labute approximate surface area is 172 Å². The first kappa shape index (κ1) is 19.2. The Morgan fingerprint density at radius 1 is 1.32 bits per heavy atom. The van der Waals surface area contributed by atoms with Gasteiger partial charge in [0.1, 0.15) is 10.9 Å². The minimum atomic E-state index is -3.56. The van der Waals surface area contributed by atoms with E-state index in [9.17, 15) is 8.42 Å². The largest absolute Gasteiger partial charge is 0.494 e. The van der Waals surface area contributed by atoms with E-state index in [1.807, 2.05) is 48.7 Å². The van der Waals surface area contributed by atoms with Crippen LogP contribution in [0.5, 0.6) is 5.75 Å². The lowest BCUT2D eigenvalue weighted by molar-refractivity contribution is 0.340. The Morgan fingerprint density at radius 3 is 2.82 bits per heavy atom. The van der Waals surface area contributed by atoms with Crippen LogP contribution in [0.4, 0.5) is 0 Å². The molecule has 0 saturated carbocycles. The van der Waals surface area contributed by atoms with E-state index in [0.29, 0.717) is 29.9 Å². The van der Waals surface area contributed by atoms with Crippen molar-refractivity contribution < 1.29 is 13.2 Å². The van der Waals surface area contributed by atoms with Gasteiger partial charge in [-0.1, -0.05) is 17.7 Å². The highest BCUT2D eigenvalue weighted by Gasteiger charge is 2.36. The fraction of sp³-hybridized carbons (Fsp3) is 0.263. The van der Waals surface area contributed by atoms with Crippen molar-refractivity contribution in [3.8, 4) is 5.75 Å². The number of hydrogen-bond acceptors (Lipinski definition) is 6. The quantitative estimate of drug-likeness (QED) is 0.554. The van der Waals surface area contributed by atoms with Crippen LogP contribution in [0.2, 0.25) is 5.15 Å². The maximum absolute atomic E-state index is 12.4. The standard InChI is InChI=1S/C19H18ClN3O3S2/c1-3-26-13-7-6-12-9-14(19(20)21-15(12)10-13)17-11-16(18-5-4-8-27-18)22-23(17)28(2,24)25/h4-10,17H,3,11H2,1-2H3. The number of benzene rings is 1. The molecule has 0 N–H and O–H groups in total. The number of hydrogen-bond donors (Lipinski definition) is 0. The number of halogens is 1. The monoisotopic (exact) mass is 435 g/mol. The van der Waals surface area contributed by atoms with Crippen LogP contribution in [0.15, 0.2) is 46.9 Å². The first-order valence-electron chi connectivity index (χ1n) is 8.70. The van der Waals surface area contributed by atoms with Crippen molar-refractivity contribution in [3.05, 3.63) is 57.4 Å². The van der Waals surface area contributed by atoms with Gasteiger partial charge >= 0.3 is 0 Å². The predicted octanol–water partition coefficient (Wildman–Crippen LogP) is 4.46. The number of fused-ring (bicyclic) bond motifs is 1. The number of thiophene rings is 1. The predicted molar refractivity (Wildman–Crippen MR) is 113 cm³/mol. The maximum Gasteiger partial charge on any atom is 0.247 e. The van der Waals surface area contributed by atoms with Gasteiger partial charge in [-0.15, -0.1) is 11.3 Å². The van der Waals surface area contributed by atoms with Gasteiger partial charge in [-0.25, -0.2) is 13.4 Å². The van der Waals surface area contributed by atoms with Crippen LogP contribution >= 0.6 is 22.9 Å². The zero-order valence-electron chi connectivity index (χ0n) is 15.3. The molecule has 146 valence electrons. The molecule has 3 aromatic rings. The highest BCUT2D eigenvalue weighted by atomic mass is 35.5. The molecule has 3 heterocycles. The third kappa shape index (κ3) is 3.59. The van der Waals surface area contributed by atoms with E-state index in [2.05, 4.69) is 10.1 Å². The van der Waals surface area contributed by atoms with Gasteiger partial charge in [0.05, 0.1) is 35.0 Å². The van der Waals surface area contributed by atoms with Gasteiger partial charge in [-0.05, 0) is 36.6 Å². The van der Waals surface area contributed by atoms with Crippen molar-refractivity contribution in [3.63, 3.8) is 0 Å². The molecule has 1 atom stereocenters. The number of ether oxygens (including phenoxy) is 1. The summed E-state index contributed by atoms with van der Waals surface area (Å²) >= 11 is 8.01. The molecule has 0 bridgehead atoms. The van der Waals surface area contributed by atoms with E-state index in [4.69, 9.17) is 16.3 Å². The molecule has 2 aromatic heterocycles. The second-order valence-electron chi connectivity index (χ2n) is 6.44. The molecule has 1 aliphatic rings. The Bertz CT molecular complexity index is 1160. The molecule has 4 rings (SSSR count). The Kier molecular flexibility index (Phi) is 5.03. The Balaban J connectivity index is 1.77. The van der Waals surface area contributed by atoms with E-state index >= 15 is 0 Å². The molecule has 0 spiro atoms. The van der Waals surface area contributed by atoms with Crippen molar-refractivity contribution in [2.24, 2.45) is 5.10 Å². The molecule has 28 heavy (non-hydrogen) atoms. The van der Waals surface area contributed by atoms with Crippen molar-refractivity contribution in [1.29, 1.82) is 0 Å². The normalized spacial score (nSPS) is 17.2. The molecule has 6 nitrogen and oxygen atoms in total. The Morgan fingerprint density at radius 2 is 2.14 bits per heavy atom. The number of nitrogens with zero attached hydrogens (tertiary/aromatic N) is 3. The van der Waals surface area contributed by atoms with Crippen LogP contribution in [-0.2, 0) is 10.0 Å². The fourth-order valence-corrected chi connectivity index (χ4v) is 5.14. The van der Waals surface area contributed by atoms with Gasteiger partial charge in [0, 0.05) is 23.4 Å². The van der Waals surface area contributed by atoms with Crippen LogP contribution in [0.25, 0.3) is 10.9 Å². The lowest BCUT2D eigenvalue weighted by atomic mass is 10.0. The summed E-state index contributed by atoms with van der Waals surface area (Å²) in [5.41, 5.74) is 2.07. The average molecular weight is 436 g/mol. The first-order chi connectivity index (χ1) is 13.4. The number of sulfonamides is 1. The summed E-state index contributed by atoms with van der Waals surface area (Å²) in [6.07, 6.45) is 1.59. The molecule has 0 aliphatic carbocycles. The van der Waals surface area contributed by atoms with Crippen LogP contribution in [0, 0.1) is 0 Å². The second kappa shape index (κ2) is 7.35. The van der Waals surface area contributed by atoms with Gasteiger partial charge in [0.15, 0.2) is 0 Å². The SMILES string of the molecule is CCOc1ccc2cc(C3CC(c4cccs4)=NN3S(C)(=O)=O)c(Cl)nc2c1. The minimum Gasteiger partial charge on any atom is -0.494 e. The second-order valence-corrected chi connectivity index (χ2v) is 9.58. The summed E-state index contributed by atoms with van der Waals surface area (Å²) in [5, 5.41) is 7.45. The molecule has 1 unspecified atom stereocenters. The van der Waals surface area contributed by atoms with Gasteiger partial charge < -0.3 is 4.74 Å². The number of hydrazone groups is 1. The summed E-state index contributed by atoms with van der Waals surface area (Å²) in [6, 6.07) is 10.8. The third-order valence-electron chi connectivity index (χ3n) is 4.46. The van der Waals surface area contributed by atoms with Crippen molar-refractivity contribution in [2.75, 3.05) is 12.9 Å². The maximum atomic E-state index is 12.4.